The molecule has 3 atom stereocenters. The van der Waals surface area contributed by atoms with Gasteiger partial charge in [-0.1, -0.05) is 57.5 Å². The van der Waals surface area contributed by atoms with Gasteiger partial charge in [-0.2, -0.15) is 0 Å². The lowest BCUT2D eigenvalue weighted by molar-refractivity contribution is -0.136. The van der Waals surface area contributed by atoms with Gasteiger partial charge in [0.25, 0.3) is 0 Å². The number of amides is 3. The molecule has 8 heteroatoms. The SMILES string of the molecule is CCCC(C(=O)NCc1ccccc1)C(=O)NCC(O)C(CC(C)C)NC(=O)OC(C)(C)C. The van der Waals surface area contributed by atoms with Crippen LogP contribution in [0.25, 0.3) is 0 Å². The van der Waals surface area contributed by atoms with Crippen molar-refractivity contribution >= 4 is 17.9 Å². The summed E-state index contributed by atoms with van der Waals surface area (Å²) in [4.78, 5) is 37.6. The molecule has 0 aliphatic heterocycles. The number of alkyl carbamates (subject to hydrolysis) is 1. The molecule has 3 amide bonds. The number of aliphatic hydroxyl groups excluding tert-OH is 1. The van der Waals surface area contributed by atoms with Crippen LogP contribution in [0.1, 0.15) is 66.4 Å². The van der Waals surface area contributed by atoms with Crippen molar-refractivity contribution in [1.82, 2.24) is 16.0 Å². The highest BCUT2D eigenvalue weighted by atomic mass is 16.6. The van der Waals surface area contributed by atoms with Crippen molar-refractivity contribution in [3.05, 3.63) is 35.9 Å². The lowest BCUT2D eigenvalue weighted by Crippen LogP contribution is -2.51. The third-order valence-corrected chi connectivity index (χ3v) is 4.90. The Morgan fingerprint density at radius 2 is 1.64 bits per heavy atom. The molecule has 186 valence electrons. The molecule has 4 N–H and O–H groups in total. The smallest absolute Gasteiger partial charge is 0.407 e. The van der Waals surface area contributed by atoms with E-state index in [0.29, 0.717) is 25.8 Å². The summed E-state index contributed by atoms with van der Waals surface area (Å²) >= 11 is 0. The second kappa shape index (κ2) is 13.8. The second-order valence-electron chi connectivity index (χ2n) is 9.74. The largest absolute Gasteiger partial charge is 0.444 e. The van der Waals surface area contributed by atoms with E-state index in [1.165, 1.54) is 0 Å². The van der Waals surface area contributed by atoms with Gasteiger partial charge in [0, 0.05) is 13.1 Å². The summed E-state index contributed by atoms with van der Waals surface area (Å²) in [6.07, 6.45) is -0.0863. The number of rotatable bonds is 12. The fourth-order valence-corrected chi connectivity index (χ4v) is 3.33. The van der Waals surface area contributed by atoms with E-state index in [2.05, 4.69) is 16.0 Å². The fraction of sp³-hybridized carbons (Fsp3) is 0.640. The number of aliphatic hydroxyl groups is 1. The number of carbonyl (C=O) groups excluding carboxylic acids is 3. The molecule has 0 spiro atoms. The summed E-state index contributed by atoms with van der Waals surface area (Å²) in [5.74, 6) is -1.44. The van der Waals surface area contributed by atoms with Crippen molar-refractivity contribution in [1.29, 1.82) is 0 Å². The summed E-state index contributed by atoms with van der Waals surface area (Å²) < 4.78 is 5.29. The second-order valence-corrected chi connectivity index (χ2v) is 9.74. The van der Waals surface area contributed by atoms with Crippen LogP contribution in [0, 0.1) is 11.8 Å². The van der Waals surface area contributed by atoms with E-state index in [4.69, 9.17) is 4.74 Å². The first-order valence-electron chi connectivity index (χ1n) is 11.7. The van der Waals surface area contributed by atoms with Crippen molar-refractivity contribution in [2.75, 3.05) is 6.54 Å². The zero-order valence-electron chi connectivity index (χ0n) is 20.8. The quantitative estimate of drug-likeness (QED) is 0.355. The Bertz CT molecular complexity index is 746. The molecule has 0 fully saturated rings. The maximum Gasteiger partial charge on any atom is 0.407 e. The highest BCUT2D eigenvalue weighted by Crippen LogP contribution is 2.13. The molecule has 1 rings (SSSR count). The molecule has 0 saturated heterocycles. The minimum Gasteiger partial charge on any atom is -0.444 e. The average molecular weight is 464 g/mol. The van der Waals surface area contributed by atoms with Crippen molar-refractivity contribution in [3.63, 3.8) is 0 Å². The lowest BCUT2D eigenvalue weighted by Gasteiger charge is -2.28. The van der Waals surface area contributed by atoms with Crippen LogP contribution in [0.5, 0.6) is 0 Å². The van der Waals surface area contributed by atoms with Crippen LogP contribution in [-0.2, 0) is 20.9 Å². The molecule has 0 aliphatic rings. The Balaban J connectivity index is 2.69. The third kappa shape index (κ3) is 11.7. The number of hydrogen-bond donors (Lipinski definition) is 4. The van der Waals surface area contributed by atoms with Crippen molar-refractivity contribution in [3.8, 4) is 0 Å². The summed E-state index contributed by atoms with van der Waals surface area (Å²) in [5, 5.41) is 18.9. The first-order chi connectivity index (χ1) is 15.4. The van der Waals surface area contributed by atoms with Crippen LogP contribution < -0.4 is 16.0 Å². The predicted molar refractivity (Wildman–Crippen MR) is 128 cm³/mol. The normalized spacial score (nSPS) is 14.2. The molecular weight excluding hydrogens is 422 g/mol. The highest BCUT2D eigenvalue weighted by Gasteiger charge is 2.29. The predicted octanol–water partition coefficient (Wildman–Crippen LogP) is 3.14. The van der Waals surface area contributed by atoms with E-state index in [0.717, 1.165) is 5.56 Å². The fourth-order valence-electron chi connectivity index (χ4n) is 3.33. The molecule has 0 saturated carbocycles. The van der Waals surface area contributed by atoms with Gasteiger partial charge in [0.15, 0.2) is 0 Å². The molecule has 33 heavy (non-hydrogen) atoms. The molecule has 0 aromatic heterocycles. The summed E-state index contributed by atoms with van der Waals surface area (Å²) in [7, 11) is 0. The molecule has 0 aliphatic carbocycles. The molecule has 0 bridgehead atoms. The van der Waals surface area contributed by atoms with Crippen LogP contribution in [0.2, 0.25) is 0 Å². The van der Waals surface area contributed by atoms with E-state index in [1.807, 2.05) is 51.1 Å². The minimum absolute atomic E-state index is 0.0851. The Hall–Kier alpha value is -2.61. The zero-order chi connectivity index (χ0) is 25.0. The van der Waals surface area contributed by atoms with Gasteiger partial charge < -0.3 is 25.8 Å². The molecule has 0 radical (unpaired) electrons. The Kier molecular flexibility index (Phi) is 11.9. The van der Waals surface area contributed by atoms with Gasteiger partial charge in [0.1, 0.15) is 11.5 Å². The van der Waals surface area contributed by atoms with Gasteiger partial charge in [-0.05, 0) is 45.1 Å². The summed E-state index contributed by atoms with van der Waals surface area (Å²) in [6, 6.07) is 8.87. The maximum atomic E-state index is 12.7. The monoisotopic (exact) mass is 463 g/mol. The standard InChI is InChI=1S/C25H41N3O5/c1-7-11-19(22(30)26-15-18-12-9-8-10-13-18)23(31)27-16-21(29)20(14-17(2)3)28-24(32)33-25(4,5)6/h8-10,12-13,17,19-21,29H,7,11,14-16H2,1-6H3,(H,26,30)(H,27,31)(H,28,32). The van der Waals surface area contributed by atoms with Crippen LogP contribution in [-0.4, -0.2) is 47.3 Å². The molecule has 0 heterocycles. The number of ether oxygens (including phenoxy) is 1. The third-order valence-electron chi connectivity index (χ3n) is 4.90. The lowest BCUT2D eigenvalue weighted by atomic mass is 9.98. The summed E-state index contributed by atoms with van der Waals surface area (Å²) in [5.41, 5.74) is 0.285. The Morgan fingerprint density at radius 1 is 1.03 bits per heavy atom. The first kappa shape index (κ1) is 28.4. The summed E-state index contributed by atoms with van der Waals surface area (Å²) in [6.45, 7) is 11.4. The highest BCUT2D eigenvalue weighted by molar-refractivity contribution is 6.00. The van der Waals surface area contributed by atoms with Gasteiger partial charge >= 0.3 is 6.09 Å². The molecule has 8 nitrogen and oxygen atoms in total. The number of hydrogen-bond acceptors (Lipinski definition) is 5. The van der Waals surface area contributed by atoms with E-state index in [9.17, 15) is 19.5 Å². The molecule has 1 aromatic rings. The van der Waals surface area contributed by atoms with Gasteiger partial charge in [-0.25, -0.2) is 4.79 Å². The maximum absolute atomic E-state index is 12.7. The minimum atomic E-state index is -1.03. The van der Waals surface area contributed by atoms with Gasteiger partial charge in [-0.3, -0.25) is 9.59 Å². The van der Waals surface area contributed by atoms with E-state index in [-0.39, 0.29) is 18.4 Å². The number of nitrogens with one attached hydrogen (secondary N) is 3. The molecule has 3 unspecified atom stereocenters. The number of benzene rings is 1. The van der Waals surface area contributed by atoms with Crippen LogP contribution in [0.3, 0.4) is 0 Å². The van der Waals surface area contributed by atoms with E-state index < -0.39 is 35.7 Å². The van der Waals surface area contributed by atoms with Crippen molar-refractivity contribution in [2.45, 2.75) is 85.1 Å². The van der Waals surface area contributed by atoms with Gasteiger partial charge in [0.2, 0.25) is 11.8 Å². The van der Waals surface area contributed by atoms with Crippen molar-refractivity contribution in [2.24, 2.45) is 11.8 Å². The average Bonchev–Trinajstić information content (AvgIpc) is 2.72. The van der Waals surface area contributed by atoms with E-state index in [1.54, 1.807) is 20.8 Å². The Labute approximate surface area is 197 Å². The van der Waals surface area contributed by atoms with E-state index >= 15 is 0 Å². The van der Waals surface area contributed by atoms with Crippen molar-refractivity contribution < 1.29 is 24.2 Å². The first-order valence-corrected chi connectivity index (χ1v) is 11.7. The van der Waals surface area contributed by atoms with Gasteiger partial charge in [-0.15, -0.1) is 0 Å². The molecular formula is C25H41N3O5. The molecule has 1 aromatic carbocycles. The number of carbonyl (C=O) groups is 3. The van der Waals surface area contributed by atoms with Gasteiger partial charge in [0.05, 0.1) is 12.1 Å². The van der Waals surface area contributed by atoms with Crippen LogP contribution >= 0.6 is 0 Å². The van der Waals surface area contributed by atoms with Crippen LogP contribution in [0.4, 0.5) is 4.79 Å². The zero-order valence-corrected chi connectivity index (χ0v) is 20.8. The topological polar surface area (TPSA) is 117 Å². The Morgan fingerprint density at radius 3 is 2.18 bits per heavy atom. The van der Waals surface area contributed by atoms with Crippen LogP contribution in [0.15, 0.2) is 30.3 Å².